The molecule has 0 unspecified atom stereocenters. The van der Waals surface area contributed by atoms with E-state index >= 15 is 0 Å². The lowest BCUT2D eigenvalue weighted by molar-refractivity contribution is -0.0165. The molecule has 2 aliphatic rings. The number of nitrogens with zero attached hydrogens (tertiary/aromatic N) is 2. The van der Waals surface area contributed by atoms with Gasteiger partial charge in [-0.2, -0.15) is 5.10 Å². The van der Waals surface area contributed by atoms with Crippen LogP contribution in [0.15, 0.2) is 59.0 Å². The van der Waals surface area contributed by atoms with Gasteiger partial charge in [0.2, 0.25) is 6.23 Å². The summed E-state index contributed by atoms with van der Waals surface area (Å²) in [4.78, 5) is 1.10. The minimum Gasteiger partial charge on any atom is -0.504 e. The molecule has 3 heterocycles. The maximum atomic E-state index is 9.90. The zero-order chi connectivity index (χ0) is 19.3. The van der Waals surface area contributed by atoms with E-state index in [0.29, 0.717) is 17.2 Å². The van der Waals surface area contributed by atoms with Crippen LogP contribution in [0.1, 0.15) is 34.7 Å². The summed E-state index contributed by atoms with van der Waals surface area (Å²) in [7, 11) is 1.54. The maximum Gasteiger partial charge on any atom is 0.222 e. The monoisotopic (exact) mass is 412 g/mol. The summed E-state index contributed by atoms with van der Waals surface area (Å²) in [6, 6.07) is 15.1. The lowest BCUT2D eigenvalue weighted by Crippen LogP contribution is -2.33. The first-order valence-corrected chi connectivity index (χ1v) is 10.1. The van der Waals surface area contributed by atoms with Crippen molar-refractivity contribution in [3.63, 3.8) is 0 Å². The van der Waals surface area contributed by atoms with Crippen molar-refractivity contribution in [3.8, 4) is 17.2 Å². The fraction of sp³-hybridized carbons (Fsp3) is 0.190. The highest BCUT2D eigenvalue weighted by Crippen LogP contribution is 2.49. The number of phenols is 1. The molecule has 5 rings (SSSR count). The molecule has 0 radical (unpaired) electrons. The molecule has 28 heavy (non-hydrogen) atoms. The molecule has 0 fully saturated rings. The SMILES string of the molecule is COc1cc(C2=NN3[C@H](C2)c2cc(Cl)ccc2O[C@H]3c2cccs2)ccc1O. The van der Waals surface area contributed by atoms with Crippen LogP contribution in [0.25, 0.3) is 0 Å². The second-order valence-electron chi connectivity index (χ2n) is 6.70. The van der Waals surface area contributed by atoms with Gasteiger partial charge in [-0.15, -0.1) is 11.3 Å². The summed E-state index contributed by atoms with van der Waals surface area (Å²) < 4.78 is 11.6. The number of thiophene rings is 1. The van der Waals surface area contributed by atoms with Crippen LogP contribution in [0.4, 0.5) is 0 Å². The van der Waals surface area contributed by atoms with Crippen molar-refractivity contribution < 1.29 is 14.6 Å². The highest BCUT2D eigenvalue weighted by Gasteiger charge is 2.41. The number of aromatic hydroxyl groups is 1. The number of ether oxygens (including phenoxy) is 2. The van der Waals surface area contributed by atoms with E-state index in [1.54, 1.807) is 17.4 Å². The fourth-order valence-corrected chi connectivity index (χ4v) is 4.63. The van der Waals surface area contributed by atoms with E-state index in [0.717, 1.165) is 27.5 Å². The Kier molecular flexibility index (Phi) is 4.18. The zero-order valence-electron chi connectivity index (χ0n) is 15.0. The van der Waals surface area contributed by atoms with Gasteiger partial charge in [-0.3, -0.25) is 0 Å². The minimum absolute atomic E-state index is 0.0318. The van der Waals surface area contributed by atoms with Crippen LogP contribution in [0.3, 0.4) is 0 Å². The predicted molar refractivity (Wildman–Crippen MR) is 110 cm³/mol. The van der Waals surface area contributed by atoms with Gasteiger partial charge in [0, 0.05) is 22.6 Å². The molecule has 2 atom stereocenters. The molecule has 1 N–H and O–H groups in total. The summed E-state index contributed by atoms with van der Waals surface area (Å²) in [6.45, 7) is 0. The molecule has 7 heteroatoms. The van der Waals surface area contributed by atoms with Crippen LogP contribution in [0.2, 0.25) is 5.02 Å². The first-order valence-electron chi connectivity index (χ1n) is 8.87. The Hall–Kier alpha value is -2.70. The highest BCUT2D eigenvalue weighted by atomic mass is 35.5. The Morgan fingerprint density at radius 2 is 2.14 bits per heavy atom. The van der Waals surface area contributed by atoms with Crippen LogP contribution in [0.5, 0.6) is 17.2 Å². The number of halogens is 1. The van der Waals surface area contributed by atoms with Gasteiger partial charge < -0.3 is 14.6 Å². The second-order valence-corrected chi connectivity index (χ2v) is 8.12. The summed E-state index contributed by atoms with van der Waals surface area (Å²) in [5.41, 5.74) is 2.86. The molecule has 0 spiro atoms. The van der Waals surface area contributed by atoms with Gasteiger partial charge in [0.1, 0.15) is 5.75 Å². The van der Waals surface area contributed by atoms with E-state index in [4.69, 9.17) is 26.2 Å². The molecule has 0 bridgehead atoms. The molecule has 2 aromatic carbocycles. The molecule has 1 aromatic heterocycles. The number of fused-ring (bicyclic) bond motifs is 3. The van der Waals surface area contributed by atoms with Crippen molar-refractivity contribution >= 4 is 28.6 Å². The van der Waals surface area contributed by atoms with Crippen LogP contribution in [-0.4, -0.2) is 22.9 Å². The van der Waals surface area contributed by atoms with Crippen molar-refractivity contribution in [3.05, 3.63) is 74.9 Å². The maximum absolute atomic E-state index is 9.90. The lowest BCUT2D eigenvalue weighted by atomic mass is 9.96. The van der Waals surface area contributed by atoms with Gasteiger partial charge in [-0.1, -0.05) is 17.7 Å². The highest BCUT2D eigenvalue weighted by molar-refractivity contribution is 7.10. The van der Waals surface area contributed by atoms with E-state index in [2.05, 4.69) is 6.07 Å². The standard InChI is InChI=1S/C21H17ClN2O3S/c1-26-19-9-12(4-6-17(19)25)15-11-16-14-10-13(22)5-7-18(14)27-21(24(16)23-15)20-3-2-8-28-20/h2-10,16,21,25H,11H2,1H3/t16-,21+/m1/s1. The summed E-state index contributed by atoms with van der Waals surface area (Å²) in [5.74, 6) is 1.38. The summed E-state index contributed by atoms with van der Waals surface area (Å²) in [5, 5.41) is 19.5. The molecule has 3 aromatic rings. The van der Waals surface area contributed by atoms with Crippen LogP contribution >= 0.6 is 22.9 Å². The Morgan fingerprint density at radius 3 is 2.93 bits per heavy atom. The van der Waals surface area contributed by atoms with Crippen molar-refractivity contribution in [2.45, 2.75) is 18.7 Å². The van der Waals surface area contributed by atoms with Crippen LogP contribution in [0, 0.1) is 0 Å². The smallest absolute Gasteiger partial charge is 0.222 e. The van der Waals surface area contributed by atoms with Gasteiger partial charge in [-0.25, -0.2) is 5.01 Å². The summed E-state index contributed by atoms with van der Waals surface area (Å²) >= 11 is 7.91. The second kappa shape index (κ2) is 6.72. The number of rotatable bonds is 3. The molecule has 0 aliphatic carbocycles. The number of methoxy groups -OCH3 is 1. The minimum atomic E-state index is -0.282. The van der Waals surface area contributed by atoms with Crippen LogP contribution in [-0.2, 0) is 0 Å². The predicted octanol–water partition coefficient (Wildman–Crippen LogP) is 5.36. The van der Waals surface area contributed by atoms with E-state index < -0.39 is 0 Å². The van der Waals surface area contributed by atoms with Gasteiger partial charge >= 0.3 is 0 Å². The molecule has 0 saturated carbocycles. The van der Waals surface area contributed by atoms with Crippen molar-refractivity contribution in [1.82, 2.24) is 5.01 Å². The molecule has 142 valence electrons. The quantitative estimate of drug-likeness (QED) is 0.629. The Labute approximate surface area is 171 Å². The molecular formula is C21H17ClN2O3S. The Bertz CT molecular complexity index is 1070. The van der Waals surface area contributed by atoms with Crippen molar-refractivity contribution in [2.75, 3.05) is 7.11 Å². The molecular weight excluding hydrogens is 396 g/mol. The largest absolute Gasteiger partial charge is 0.504 e. The molecule has 2 aliphatic heterocycles. The van der Waals surface area contributed by atoms with Gasteiger partial charge in [-0.05, 0) is 47.8 Å². The first kappa shape index (κ1) is 17.4. The number of hydrogen-bond donors (Lipinski definition) is 1. The molecule has 0 saturated heterocycles. The average Bonchev–Trinajstić information content (AvgIpc) is 3.38. The van der Waals surface area contributed by atoms with Gasteiger partial charge in [0.25, 0.3) is 0 Å². The van der Waals surface area contributed by atoms with E-state index in [1.165, 1.54) is 7.11 Å². The van der Waals surface area contributed by atoms with Gasteiger partial charge in [0.15, 0.2) is 11.5 Å². The van der Waals surface area contributed by atoms with Crippen molar-refractivity contribution in [2.24, 2.45) is 5.10 Å². The third-order valence-electron chi connectivity index (χ3n) is 5.05. The van der Waals surface area contributed by atoms with Gasteiger partial charge in [0.05, 0.1) is 23.7 Å². The number of phenolic OH excluding ortho intramolecular Hbond substituents is 1. The number of hydrogen-bond acceptors (Lipinski definition) is 6. The lowest BCUT2D eigenvalue weighted by Gasteiger charge is -2.37. The normalized spacial score (nSPS) is 20.2. The summed E-state index contributed by atoms with van der Waals surface area (Å²) in [6.07, 6.45) is 0.433. The van der Waals surface area contributed by atoms with E-state index in [9.17, 15) is 5.11 Å². The topological polar surface area (TPSA) is 54.3 Å². The number of hydrazone groups is 1. The molecule has 0 amide bonds. The van der Waals surface area contributed by atoms with Crippen LogP contribution < -0.4 is 9.47 Å². The Balaban J connectivity index is 1.59. The Morgan fingerprint density at radius 1 is 1.25 bits per heavy atom. The fourth-order valence-electron chi connectivity index (χ4n) is 3.71. The average molecular weight is 413 g/mol. The van der Waals surface area contributed by atoms with E-state index in [-0.39, 0.29) is 18.0 Å². The third kappa shape index (κ3) is 2.80. The first-order chi connectivity index (χ1) is 13.6. The zero-order valence-corrected chi connectivity index (χ0v) is 16.6. The van der Waals surface area contributed by atoms with E-state index in [1.807, 2.05) is 46.8 Å². The number of benzene rings is 2. The molecule has 5 nitrogen and oxygen atoms in total. The van der Waals surface area contributed by atoms with Crippen molar-refractivity contribution in [1.29, 1.82) is 0 Å². The third-order valence-corrected chi connectivity index (χ3v) is 6.19.